The lowest BCUT2D eigenvalue weighted by Gasteiger charge is -2.45. The highest BCUT2D eigenvalue weighted by Crippen LogP contribution is 2.45. The van der Waals surface area contributed by atoms with E-state index in [0.29, 0.717) is 34.7 Å². The van der Waals surface area contributed by atoms with Crippen molar-refractivity contribution in [3.63, 3.8) is 0 Å². The number of hydrogen-bond acceptors (Lipinski definition) is 5. The van der Waals surface area contributed by atoms with Crippen molar-refractivity contribution >= 4 is 28.8 Å². The van der Waals surface area contributed by atoms with E-state index >= 15 is 0 Å². The summed E-state index contributed by atoms with van der Waals surface area (Å²) in [5.41, 5.74) is 0.151. The lowest BCUT2D eigenvalue weighted by atomic mass is 9.85. The van der Waals surface area contributed by atoms with Crippen LogP contribution in [0.4, 0.5) is 24.5 Å². The summed E-state index contributed by atoms with van der Waals surface area (Å²) in [4.78, 5) is 24.3. The van der Waals surface area contributed by atoms with Gasteiger partial charge in [-0.05, 0) is 29.8 Å². The zero-order chi connectivity index (χ0) is 22.5. The number of fused-ring (bicyclic) bond motifs is 2. The Hall–Kier alpha value is -3.53. The molecule has 2 N–H and O–H groups in total. The third-order valence-electron chi connectivity index (χ3n) is 5.42. The monoisotopic (exact) mass is 446 g/mol. The van der Waals surface area contributed by atoms with Crippen molar-refractivity contribution in [2.24, 2.45) is 0 Å². The van der Waals surface area contributed by atoms with Gasteiger partial charge in [0.15, 0.2) is 18.0 Å². The van der Waals surface area contributed by atoms with Crippen molar-refractivity contribution in [1.29, 1.82) is 0 Å². The highest BCUT2D eigenvalue weighted by Gasteiger charge is 2.46. The number of benzene rings is 2. The molecule has 32 heavy (non-hydrogen) atoms. The van der Waals surface area contributed by atoms with Gasteiger partial charge in [0.25, 0.3) is 5.91 Å². The lowest BCUT2D eigenvalue weighted by molar-refractivity contribution is -0.161. The highest BCUT2D eigenvalue weighted by molar-refractivity contribution is 6.07. The number of halogens is 3. The zero-order valence-corrected chi connectivity index (χ0v) is 16.5. The maximum absolute atomic E-state index is 13.2. The first-order chi connectivity index (χ1) is 15.2. The van der Waals surface area contributed by atoms with Gasteiger partial charge in [-0.3, -0.25) is 9.59 Å². The molecule has 3 aliphatic rings. The van der Waals surface area contributed by atoms with Crippen LogP contribution in [0.5, 0.6) is 11.5 Å². The highest BCUT2D eigenvalue weighted by atomic mass is 19.4. The number of anilines is 2. The van der Waals surface area contributed by atoms with Gasteiger partial charge in [0.1, 0.15) is 5.75 Å². The summed E-state index contributed by atoms with van der Waals surface area (Å²) in [6.45, 7) is 0.276. The summed E-state index contributed by atoms with van der Waals surface area (Å²) in [6.07, 6.45) is -2.85. The fourth-order valence-electron chi connectivity index (χ4n) is 3.92. The average Bonchev–Trinajstić information content (AvgIpc) is 2.71. The van der Waals surface area contributed by atoms with E-state index in [1.807, 2.05) is 0 Å². The van der Waals surface area contributed by atoms with Gasteiger partial charge in [0, 0.05) is 18.1 Å². The minimum atomic E-state index is -4.51. The largest absolute Gasteiger partial charge is 0.481 e. The molecule has 1 fully saturated rings. The molecule has 1 spiro atoms. The fourth-order valence-corrected chi connectivity index (χ4v) is 3.92. The van der Waals surface area contributed by atoms with E-state index in [1.165, 1.54) is 12.1 Å². The standard InChI is InChI=1S/C22H17F3N2O5/c23-22(24,25)13-4-5-14-12(8-21(10-30-11-21)32-17(14)7-13)6-18(28)26-15-2-1-3-16-20(15)31-9-19(29)27-16/h1-7H,8-11H2,(H,26,28)(H,27,29)/b12-6+. The number of rotatable bonds is 2. The number of nitrogens with one attached hydrogen (secondary N) is 2. The van der Waals surface area contributed by atoms with Gasteiger partial charge in [-0.1, -0.05) is 12.1 Å². The molecular weight excluding hydrogens is 429 g/mol. The van der Waals surface area contributed by atoms with Crippen LogP contribution in [-0.2, 0) is 20.5 Å². The Bertz CT molecular complexity index is 1150. The number of ether oxygens (including phenoxy) is 3. The maximum atomic E-state index is 13.2. The molecule has 0 aromatic heterocycles. The van der Waals surface area contributed by atoms with E-state index < -0.39 is 23.2 Å². The first-order valence-corrected chi connectivity index (χ1v) is 9.78. The molecule has 0 atom stereocenters. The smallest absolute Gasteiger partial charge is 0.416 e. The van der Waals surface area contributed by atoms with Crippen molar-refractivity contribution in [2.75, 3.05) is 30.5 Å². The summed E-state index contributed by atoms with van der Waals surface area (Å²) in [6, 6.07) is 8.15. The molecule has 10 heteroatoms. The number of alkyl halides is 3. The summed E-state index contributed by atoms with van der Waals surface area (Å²) < 4.78 is 56.0. The third-order valence-corrected chi connectivity index (χ3v) is 5.42. The molecule has 3 heterocycles. The molecule has 2 aromatic carbocycles. The molecule has 166 valence electrons. The van der Waals surface area contributed by atoms with Crippen LogP contribution in [0.15, 0.2) is 42.5 Å². The summed E-state index contributed by atoms with van der Waals surface area (Å²) >= 11 is 0. The average molecular weight is 446 g/mol. The molecule has 0 bridgehead atoms. The van der Waals surface area contributed by atoms with E-state index in [0.717, 1.165) is 12.1 Å². The van der Waals surface area contributed by atoms with Gasteiger partial charge in [0.2, 0.25) is 5.91 Å². The van der Waals surface area contributed by atoms with E-state index in [1.54, 1.807) is 18.2 Å². The number of carbonyl (C=O) groups is 2. The molecule has 3 aliphatic heterocycles. The molecule has 0 saturated carbocycles. The molecular formula is C22H17F3N2O5. The fraction of sp³-hybridized carbons (Fsp3) is 0.273. The molecule has 0 aliphatic carbocycles. The van der Waals surface area contributed by atoms with Gasteiger partial charge in [-0.2, -0.15) is 13.2 Å². The van der Waals surface area contributed by atoms with Crippen LogP contribution in [0.25, 0.3) is 5.57 Å². The number of carbonyl (C=O) groups excluding carboxylic acids is 2. The van der Waals surface area contributed by atoms with Crippen LogP contribution in [-0.4, -0.2) is 37.2 Å². The van der Waals surface area contributed by atoms with Crippen molar-refractivity contribution in [3.8, 4) is 11.5 Å². The molecule has 0 radical (unpaired) electrons. The number of para-hydroxylation sites is 1. The second-order valence-corrected chi connectivity index (χ2v) is 7.84. The van der Waals surface area contributed by atoms with E-state index in [-0.39, 0.29) is 31.5 Å². The predicted octanol–water partition coefficient (Wildman–Crippen LogP) is 3.61. The van der Waals surface area contributed by atoms with Crippen LogP contribution in [0, 0.1) is 0 Å². The SMILES string of the molecule is O=C(/C=C1\CC2(COC2)Oc2cc(C(F)(F)F)ccc21)Nc1cccc2c1OCC(=O)N2. The Morgan fingerprint density at radius 2 is 2.00 bits per heavy atom. The molecule has 0 unspecified atom stereocenters. The molecule has 2 amide bonds. The normalized spacial score (nSPS) is 19.7. The Morgan fingerprint density at radius 1 is 1.19 bits per heavy atom. The number of hydrogen-bond donors (Lipinski definition) is 2. The van der Waals surface area contributed by atoms with Crippen molar-refractivity contribution in [2.45, 2.75) is 18.2 Å². The maximum Gasteiger partial charge on any atom is 0.416 e. The van der Waals surface area contributed by atoms with E-state index in [9.17, 15) is 22.8 Å². The van der Waals surface area contributed by atoms with Crippen LogP contribution < -0.4 is 20.1 Å². The van der Waals surface area contributed by atoms with E-state index in [4.69, 9.17) is 14.2 Å². The first kappa shape index (κ1) is 20.4. The van der Waals surface area contributed by atoms with Crippen molar-refractivity contribution in [1.82, 2.24) is 0 Å². The molecule has 7 nitrogen and oxygen atoms in total. The quantitative estimate of drug-likeness (QED) is 0.689. The van der Waals surface area contributed by atoms with Crippen LogP contribution in [0.3, 0.4) is 0 Å². The van der Waals surface area contributed by atoms with Crippen molar-refractivity contribution in [3.05, 3.63) is 53.6 Å². The zero-order valence-electron chi connectivity index (χ0n) is 16.5. The molecule has 5 rings (SSSR count). The Morgan fingerprint density at radius 3 is 2.72 bits per heavy atom. The van der Waals surface area contributed by atoms with Crippen molar-refractivity contribution < 1.29 is 37.0 Å². The summed E-state index contributed by atoms with van der Waals surface area (Å²) in [7, 11) is 0. The Kier molecular flexibility index (Phi) is 4.63. The van der Waals surface area contributed by atoms with E-state index in [2.05, 4.69) is 10.6 Å². The summed E-state index contributed by atoms with van der Waals surface area (Å²) in [5, 5.41) is 5.38. The van der Waals surface area contributed by atoms with Gasteiger partial charge in [-0.15, -0.1) is 0 Å². The second kappa shape index (κ2) is 7.27. The molecule has 2 aromatic rings. The second-order valence-electron chi connectivity index (χ2n) is 7.84. The lowest BCUT2D eigenvalue weighted by Crippen LogP contribution is -2.55. The van der Waals surface area contributed by atoms with Gasteiger partial charge < -0.3 is 24.8 Å². The predicted molar refractivity (Wildman–Crippen MR) is 107 cm³/mol. The third kappa shape index (κ3) is 3.66. The minimum Gasteiger partial charge on any atom is -0.481 e. The van der Waals surface area contributed by atoms with Gasteiger partial charge >= 0.3 is 6.18 Å². The Labute approximate surface area is 180 Å². The van der Waals surface area contributed by atoms with Gasteiger partial charge in [0.05, 0.1) is 30.2 Å². The number of amides is 2. The van der Waals surface area contributed by atoms with Crippen LogP contribution >= 0.6 is 0 Å². The molecule has 1 saturated heterocycles. The van der Waals surface area contributed by atoms with Crippen LogP contribution in [0.1, 0.15) is 17.5 Å². The van der Waals surface area contributed by atoms with Gasteiger partial charge in [-0.25, -0.2) is 0 Å². The Balaban J connectivity index is 1.46. The minimum absolute atomic E-state index is 0.0663. The topological polar surface area (TPSA) is 85.9 Å². The summed E-state index contributed by atoms with van der Waals surface area (Å²) in [5.74, 6) is -0.383. The van der Waals surface area contributed by atoms with Crippen LogP contribution in [0.2, 0.25) is 0 Å². The first-order valence-electron chi connectivity index (χ1n) is 9.78.